The minimum atomic E-state index is -0.646. The molecule has 2 bridgehead atoms. The van der Waals surface area contributed by atoms with Crippen molar-refractivity contribution in [1.82, 2.24) is 10.2 Å². The van der Waals surface area contributed by atoms with Gasteiger partial charge in [-0.1, -0.05) is 20.3 Å². The molecule has 3 fully saturated rings. The zero-order valence-electron chi connectivity index (χ0n) is 12.7. The molecule has 4 heteroatoms. The first-order chi connectivity index (χ1) is 9.58. The van der Waals surface area contributed by atoms with Crippen LogP contribution in [0.1, 0.15) is 52.4 Å². The minimum absolute atomic E-state index is 0.0106. The van der Waals surface area contributed by atoms with Crippen molar-refractivity contribution in [2.24, 2.45) is 17.8 Å². The Bertz CT molecular complexity index is 417. The van der Waals surface area contributed by atoms with Crippen molar-refractivity contribution in [3.63, 3.8) is 0 Å². The third kappa shape index (κ3) is 2.13. The van der Waals surface area contributed by atoms with Crippen LogP contribution in [-0.2, 0) is 9.59 Å². The van der Waals surface area contributed by atoms with Gasteiger partial charge in [-0.3, -0.25) is 9.59 Å². The summed E-state index contributed by atoms with van der Waals surface area (Å²) in [4.78, 5) is 26.6. The molecule has 2 aliphatic carbocycles. The zero-order chi connectivity index (χ0) is 14.3. The van der Waals surface area contributed by atoms with Crippen LogP contribution in [0.4, 0.5) is 0 Å². The molecule has 1 N–H and O–H groups in total. The van der Waals surface area contributed by atoms with Gasteiger partial charge in [-0.25, -0.2) is 0 Å². The summed E-state index contributed by atoms with van der Waals surface area (Å²) in [5.74, 6) is 2.48. The normalized spacial score (nSPS) is 35.5. The second kappa shape index (κ2) is 5.05. The first-order valence-electron chi connectivity index (χ1n) is 8.18. The maximum Gasteiger partial charge on any atom is 0.248 e. The van der Waals surface area contributed by atoms with Gasteiger partial charge in [-0.05, 0) is 49.9 Å². The standard InChI is InChI=1S/C16H26N2O2/c1-3-16(4-2)15(20)18(10-14(19)17-16)9-13-8-11-5-6-12(13)7-11/h11-13H,3-10H2,1-2H3,(H,17,19). The van der Waals surface area contributed by atoms with E-state index in [1.165, 1.54) is 25.7 Å². The number of hydrogen-bond donors (Lipinski definition) is 1. The Hall–Kier alpha value is -1.06. The molecule has 3 atom stereocenters. The van der Waals surface area contributed by atoms with E-state index in [9.17, 15) is 9.59 Å². The van der Waals surface area contributed by atoms with Crippen molar-refractivity contribution < 1.29 is 9.59 Å². The lowest BCUT2D eigenvalue weighted by molar-refractivity contribution is -0.151. The van der Waals surface area contributed by atoms with Gasteiger partial charge in [-0.2, -0.15) is 0 Å². The summed E-state index contributed by atoms with van der Waals surface area (Å²) < 4.78 is 0. The van der Waals surface area contributed by atoms with E-state index in [0.717, 1.165) is 18.4 Å². The molecule has 20 heavy (non-hydrogen) atoms. The summed E-state index contributed by atoms with van der Waals surface area (Å²) in [6.45, 7) is 5.04. The SMILES string of the molecule is CCC1(CC)NC(=O)CN(CC2CC3CCC2C3)C1=O. The summed E-state index contributed by atoms with van der Waals surface area (Å²) in [6, 6.07) is 0. The molecule has 2 amide bonds. The molecule has 1 aliphatic heterocycles. The first kappa shape index (κ1) is 13.9. The van der Waals surface area contributed by atoms with E-state index in [0.29, 0.717) is 18.8 Å². The second-order valence-corrected chi connectivity index (χ2v) is 6.96. The maximum atomic E-state index is 12.8. The van der Waals surface area contributed by atoms with Crippen LogP contribution in [-0.4, -0.2) is 35.3 Å². The van der Waals surface area contributed by atoms with Gasteiger partial charge in [0.05, 0.1) is 6.54 Å². The smallest absolute Gasteiger partial charge is 0.248 e. The number of amides is 2. The van der Waals surface area contributed by atoms with E-state index < -0.39 is 5.54 Å². The third-order valence-electron chi connectivity index (χ3n) is 5.96. The van der Waals surface area contributed by atoms with Crippen molar-refractivity contribution in [2.45, 2.75) is 57.9 Å². The van der Waals surface area contributed by atoms with E-state index in [1.807, 2.05) is 18.7 Å². The predicted molar refractivity (Wildman–Crippen MR) is 77.0 cm³/mol. The molecule has 3 unspecified atom stereocenters. The fraction of sp³-hybridized carbons (Fsp3) is 0.875. The van der Waals surface area contributed by atoms with Crippen molar-refractivity contribution in [3.8, 4) is 0 Å². The zero-order valence-corrected chi connectivity index (χ0v) is 12.7. The summed E-state index contributed by atoms with van der Waals surface area (Å²) in [6.07, 6.45) is 6.69. The van der Waals surface area contributed by atoms with E-state index >= 15 is 0 Å². The lowest BCUT2D eigenvalue weighted by atomic mass is 9.85. The van der Waals surface area contributed by atoms with Crippen LogP contribution in [0.25, 0.3) is 0 Å². The number of fused-ring (bicyclic) bond motifs is 2. The molecule has 0 aromatic heterocycles. The topological polar surface area (TPSA) is 49.4 Å². The second-order valence-electron chi connectivity index (χ2n) is 6.96. The van der Waals surface area contributed by atoms with Gasteiger partial charge in [0.2, 0.25) is 11.8 Å². The molecular formula is C16H26N2O2. The molecule has 1 heterocycles. The summed E-state index contributed by atoms with van der Waals surface area (Å²) in [7, 11) is 0. The fourth-order valence-corrected chi connectivity index (χ4v) is 4.67. The van der Waals surface area contributed by atoms with Crippen molar-refractivity contribution in [2.75, 3.05) is 13.1 Å². The van der Waals surface area contributed by atoms with E-state index in [2.05, 4.69) is 5.32 Å². The van der Waals surface area contributed by atoms with Gasteiger partial charge >= 0.3 is 0 Å². The summed E-state index contributed by atoms with van der Waals surface area (Å²) >= 11 is 0. The number of carbonyl (C=O) groups excluding carboxylic acids is 2. The first-order valence-corrected chi connectivity index (χ1v) is 8.18. The highest BCUT2D eigenvalue weighted by Crippen LogP contribution is 2.48. The Kier molecular flexibility index (Phi) is 3.51. The third-order valence-corrected chi connectivity index (χ3v) is 5.96. The molecule has 112 valence electrons. The lowest BCUT2D eigenvalue weighted by Gasteiger charge is -2.42. The highest BCUT2D eigenvalue weighted by Gasteiger charge is 2.46. The minimum Gasteiger partial charge on any atom is -0.340 e. The monoisotopic (exact) mass is 278 g/mol. The van der Waals surface area contributed by atoms with E-state index in [-0.39, 0.29) is 18.4 Å². The van der Waals surface area contributed by atoms with Crippen LogP contribution in [0.3, 0.4) is 0 Å². The van der Waals surface area contributed by atoms with Gasteiger partial charge in [0.25, 0.3) is 0 Å². The molecule has 0 spiro atoms. The fourth-order valence-electron chi connectivity index (χ4n) is 4.67. The van der Waals surface area contributed by atoms with Crippen LogP contribution in [0, 0.1) is 17.8 Å². The maximum absolute atomic E-state index is 12.8. The van der Waals surface area contributed by atoms with Crippen LogP contribution in [0.15, 0.2) is 0 Å². The predicted octanol–water partition coefficient (Wildman–Crippen LogP) is 1.94. The van der Waals surface area contributed by atoms with Gasteiger partial charge in [0.15, 0.2) is 0 Å². The van der Waals surface area contributed by atoms with Crippen LogP contribution in [0.5, 0.6) is 0 Å². The molecule has 0 radical (unpaired) electrons. The Morgan fingerprint density at radius 3 is 2.50 bits per heavy atom. The number of carbonyl (C=O) groups is 2. The molecular weight excluding hydrogens is 252 g/mol. The molecule has 3 rings (SSSR count). The van der Waals surface area contributed by atoms with Crippen LogP contribution < -0.4 is 5.32 Å². The van der Waals surface area contributed by atoms with Gasteiger partial charge in [-0.15, -0.1) is 0 Å². The summed E-state index contributed by atoms with van der Waals surface area (Å²) in [5.41, 5.74) is -0.646. The molecule has 1 saturated heterocycles. The van der Waals surface area contributed by atoms with E-state index in [1.54, 1.807) is 0 Å². The number of piperazine rings is 1. The van der Waals surface area contributed by atoms with Crippen molar-refractivity contribution in [3.05, 3.63) is 0 Å². The molecule has 4 nitrogen and oxygen atoms in total. The molecule has 0 aromatic carbocycles. The Balaban J connectivity index is 1.72. The van der Waals surface area contributed by atoms with Gasteiger partial charge in [0.1, 0.15) is 5.54 Å². The van der Waals surface area contributed by atoms with Crippen LogP contribution in [0.2, 0.25) is 0 Å². The number of nitrogens with one attached hydrogen (secondary N) is 1. The Morgan fingerprint density at radius 2 is 1.95 bits per heavy atom. The average Bonchev–Trinajstić information content (AvgIpc) is 3.05. The van der Waals surface area contributed by atoms with E-state index in [4.69, 9.17) is 0 Å². The Morgan fingerprint density at radius 1 is 1.20 bits per heavy atom. The van der Waals surface area contributed by atoms with Gasteiger partial charge < -0.3 is 10.2 Å². The summed E-state index contributed by atoms with van der Waals surface area (Å²) in [5, 5.41) is 2.94. The number of hydrogen-bond acceptors (Lipinski definition) is 2. The molecule has 0 aromatic rings. The highest BCUT2D eigenvalue weighted by atomic mass is 16.2. The Labute approximate surface area is 121 Å². The van der Waals surface area contributed by atoms with Crippen molar-refractivity contribution >= 4 is 11.8 Å². The largest absolute Gasteiger partial charge is 0.340 e. The number of rotatable bonds is 4. The number of nitrogens with zero attached hydrogens (tertiary/aromatic N) is 1. The van der Waals surface area contributed by atoms with Gasteiger partial charge in [0, 0.05) is 6.54 Å². The quantitative estimate of drug-likeness (QED) is 0.854. The van der Waals surface area contributed by atoms with Crippen molar-refractivity contribution in [1.29, 1.82) is 0 Å². The lowest BCUT2D eigenvalue weighted by Crippen LogP contribution is -2.66. The molecule has 2 saturated carbocycles. The highest BCUT2D eigenvalue weighted by molar-refractivity contribution is 5.97. The van der Waals surface area contributed by atoms with Crippen LogP contribution >= 0.6 is 0 Å². The average molecular weight is 278 g/mol. The molecule has 3 aliphatic rings.